The van der Waals surface area contributed by atoms with E-state index in [1.807, 2.05) is 17.5 Å². The Hall–Kier alpha value is -2.82. The predicted molar refractivity (Wildman–Crippen MR) is 119 cm³/mol. The lowest BCUT2D eigenvalue weighted by Crippen LogP contribution is -2.41. The summed E-state index contributed by atoms with van der Waals surface area (Å²) < 4.78 is 33.3. The number of aromatic nitrogens is 2. The minimum atomic E-state index is -3.79. The van der Waals surface area contributed by atoms with Crippen molar-refractivity contribution in [3.05, 3.63) is 58.4 Å². The van der Waals surface area contributed by atoms with Gasteiger partial charge in [0.2, 0.25) is 15.9 Å². The highest BCUT2D eigenvalue weighted by Gasteiger charge is 2.35. The first kappa shape index (κ1) is 21.4. The summed E-state index contributed by atoms with van der Waals surface area (Å²) in [4.78, 5) is 17.6. The van der Waals surface area contributed by atoms with Gasteiger partial charge in [-0.25, -0.2) is 8.42 Å². The van der Waals surface area contributed by atoms with Crippen molar-refractivity contribution < 1.29 is 17.7 Å². The first-order valence-corrected chi connectivity index (χ1v) is 12.2. The molecule has 162 valence electrons. The number of amides is 1. The lowest BCUT2D eigenvalue weighted by Gasteiger charge is -2.30. The summed E-state index contributed by atoms with van der Waals surface area (Å²) >= 11 is 1.54. The van der Waals surface area contributed by atoms with Gasteiger partial charge in [-0.1, -0.05) is 11.2 Å². The van der Waals surface area contributed by atoms with Crippen molar-refractivity contribution in [2.75, 3.05) is 18.4 Å². The van der Waals surface area contributed by atoms with E-state index in [1.54, 1.807) is 54.9 Å². The summed E-state index contributed by atoms with van der Waals surface area (Å²) in [7, 11) is -3.79. The fraction of sp³-hybridized carbons (Fsp3) is 0.286. The highest BCUT2D eigenvalue weighted by molar-refractivity contribution is 7.89. The van der Waals surface area contributed by atoms with Crippen LogP contribution in [0, 0.1) is 12.8 Å². The largest absolute Gasteiger partial charge is 0.355 e. The summed E-state index contributed by atoms with van der Waals surface area (Å²) in [6, 6.07) is 7.36. The van der Waals surface area contributed by atoms with Gasteiger partial charge in [0, 0.05) is 30.1 Å². The molecule has 0 radical (unpaired) electrons. The van der Waals surface area contributed by atoms with Crippen molar-refractivity contribution in [1.82, 2.24) is 14.4 Å². The molecule has 3 aromatic heterocycles. The van der Waals surface area contributed by atoms with Crippen LogP contribution in [0.4, 0.5) is 5.69 Å². The molecule has 1 aliphatic rings. The van der Waals surface area contributed by atoms with E-state index in [0.29, 0.717) is 24.2 Å². The van der Waals surface area contributed by atoms with E-state index in [1.165, 1.54) is 4.31 Å². The molecular formula is C21H22N4O4S2. The molecule has 0 atom stereocenters. The van der Waals surface area contributed by atoms with E-state index >= 15 is 0 Å². The number of hydrogen-bond acceptors (Lipinski definition) is 7. The van der Waals surface area contributed by atoms with Gasteiger partial charge in [0.25, 0.3) is 0 Å². The average Bonchev–Trinajstić information content (AvgIpc) is 3.42. The Labute approximate surface area is 184 Å². The number of aryl methyl sites for hydroxylation is 1. The van der Waals surface area contributed by atoms with Crippen molar-refractivity contribution in [2.45, 2.75) is 24.7 Å². The topological polar surface area (TPSA) is 105 Å². The summed E-state index contributed by atoms with van der Waals surface area (Å²) in [5.74, 6) is -0.165. The number of piperidine rings is 1. The molecule has 0 aromatic carbocycles. The van der Waals surface area contributed by atoms with Gasteiger partial charge in [0.15, 0.2) is 10.7 Å². The van der Waals surface area contributed by atoms with Gasteiger partial charge >= 0.3 is 0 Å². The van der Waals surface area contributed by atoms with E-state index in [-0.39, 0.29) is 35.6 Å². The first-order valence-electron chi connectivity index (χ1n) is 9.84. The lowest BCUT2D eigenvalue weighted by atomic mass is 9.97. The second kappa shape index (κ2) is 9.13. The Morgan fingerprint density at radius 2 is 2.06 bits per heavy atom. The van der Waals surface area contributed by atoms with E-state index in [2.05, 4.69) is 15.5 Å². The number of rotatable bonds is 6. The molecule has 3 aromatic rings. The van der Waals surface area contributed by atoms with Crippen molar-refractivity contribution in [3.63, 3.8) is 0 Å². The van der Waals surface area contributed by atoms with Crippen LogP contribution in [-0.4, -0.2) is 41.9 Å². The molecule has 10 heteroatoms. The van der Waals surface area contributed by atoms with Crippen LogP contribution < -0.4 is 5.32 Å². The highest BCUT2D eigenvalue weighted by Crippen LogP contribution is 2.29. The third-order valence-corrected chi connectivity index (χ3v) is 8.02. The summed E-state index contributed by atoms with van der Waals surface area (Å²) in [5, 5.41) is 8.65. The second-order valence-electron chi connectivity index (χ2n) is 7.22. The Morgan fingerprint density at radius 3 is 2.74 bits per heavy atom. The molecule has 0 unspecified atom stereocenters. The number of pyridine rings is 1. The van der Waals surface area contributed by atoms with Crippen LogP contribution in [0.3, 0.4) is 0 Å². The van der Waals surface area contributed by atoms with Crippen LogP contribution in [0.1, 0.15) is 29.2 Å². The Kier molecular flexibility index (Phi) is 6.30. The highest BCUT2D eigenvalue weighted by atomic mass is 32.2. The lowest BCUT2D eigenvalue weighted by molar-refractivity contribution is -0.120. The number of nitrogens with one attached hydrogen (secondary N) is 1. The Bertz CT molecular complexity index is 1160. The van der Waals surface area contributed by atoms with Gasteiger partial charge in [-0.3, -0.25) is 9.78 Å². The summed E-state index contributed by atoms with van der Waals surface area (Å²) in [6.45, 7) is 2.13. The van der Waals surface area contributed by atoms with Gasteiger partial charge in [-0.05, 0) is 55.5 Å². The maximum Gasteiger partial charge on any atom is 0.248 e. The van der Waals surface area contributed by atoms with Crippen molar-refractivity contribution in [3.8, 4) is 0 Å². The fourth-order valence-corrected chi connectivity index (χ4v) is 5.85. The van der Waals surface area contributed by atoms with Crippen LogP contribution >= 0.6 is 11.3 Å². The molecule has 4 heterocycles. The molecule has 0 aliphatic carbocycles. The molecular weight excluding hydrogens is 436 g/mol. The minimum absolute atomic E-state index is 0.0820. The quantitative estimate of drug-likeness (QED) is 0.604. The van der Waals surface area contributed by atoms with Crippen molar-refractivity contribution >= 4 is 45.1 Å². The van der Waals surface area contributed by atoms with Crippen molar-refractivity contribution in [1.29, 1.82) is 0 Å². The third kappa shape index (κ3) is 4.76. The minimum Gasteiger partial charge on any atom is -0.355 e. The van der Waals surface area contributed by atoms with Crippen LogP contribution in [-0.2, 0) is 14.8 Å². The SMILES string of the molecule is Cc1noc(/C=C/c2cccs2)c1S(=O)(=O)N1CCC(C(=O)Nc2cccnc2)CC1. The number of sulfonamides is 1. The van der Waals surface area contributed by atoms with E-state index in [9.17, 15) is 13.2 Å². The zero-order valence-corrected chi connectivity index (χ0v) is 18.5. The number of carbonyl (C=O) groups excluding carboxylic acids is 1. The first-order chi connectivity index (χ1) is 14.9. The van der Waals surface area contributed by atoms with Crippen LogP contribution in [0.25, 0.3) is 12.2 Å². The van der Waals surface area contributed by atoms with Crippen LogP contribution in [0.2, 0.25) is 0 Å². The Balaban J connectivity index is 1.45. The molecule has 4 rings (SSSR count). The molecule has 1 aliphatic heterocycles. The van der Waals surface area contributed by atoms with Gasteiger partial charge in [-0.15, -0.1) is 11.3 Å². The van der Waals surface area contributed by atoms with Crippen molar-refractivity contribution in [2.24, 2.45) is 5.92 Å². The normalized spacial score (nSPS) is 16.0. The summed E-state index contributed by atoms with van der Waals surface area (Å²) in [6.07, 6.45) is 7.53. The molecule has 0 saturated carbocycles. The predicted octanol–water partition coefficient (Wildman–Crippen LogP) is 3.65. The second-order valence-corrected chi connectivity index (χ2v) is 10.1. The molecule has 8 nitrogen and oxygen atoms in total. The van der Waals surface area contributed by atoms with Crippen LogP contribution in [0.15, 0.2) is 51.5 Å². The third-order valence-electron chi connectivity index (χ3n) is 5.13. The molecule has 0 bridgehead atoms. The van der Waals surface area contributed by atoms with Gasteiger partial charge in [-0.2, -0.15) is 4.31 Å². The smallest absolute Gasteiger partial charge is 0.248 e. The van der Waals surface area contributed by atoms with E-state index in [4.69, 9.17) is 4.52 Å². The monoisotopic (exact) mass is 458 g/mol. The molecule has 1 amide bonds. The van der Waals surface area contributed by atoms with Gasteiger partial charge in [0.05, 0.1) is 11.9 Å². The maximum atomic E-state index is 13.3. The number of nitrogens with zero attached hydrogens (tertiary/aromatic N) is 3. The van der Waals surface area contributed by atoms with E-state index in [0.717, 1.165) is 4.88 Å². The Morgan fingerprint density at radius 1 is 1.26 bits per heavy atom. The number of hydrogen-bond donors (Lipinski definition) is 1. The van der Waals surface area contributed by atoms with E-state index < -0.39 is 10.0 Å². The number of carbonyl (C=O) groups is 1. The molecule has 1 saturated heterocycles. The standard InChI is InChI=1S/C21H22N4O4S2/c1-15-20(19(29-24-15)7-6-18-5-3-13-30-18)31(27,28)25-11-8-16(9-12-25)21(26)23-17-4-2-10-22-14-17/h2-7,10,13-14,16H,8-9,11-12H2,1H3,(H,23,26)/b7-6+. The average molecular weight is 459 g/mol. The zero-order valence-electron chi connectivity index (χ0n) is 16.9. The number of thiophene rings is 1. The molecule has 31 heavy (non-hydrogen) atoms. The molecule has 1 N–H and O–H groups in total. The molecule has 1 fully saturated rings. The maximum absolute atomic E-state index is 13.3. The molecule has 0 spiro atoms. The van der Waals surface area contributed by atoms with Gasteiger partial charge in [0.1, 0.15) is 5.69 Å². The summed E-state index contributed by atoms with van der Waals surface area (Å²) in [5.41, 5.74) is 0.951. The van der Waals surface area contributed by atoms with Gasteiger partial charge < -0.3 is 9.84 Å². The fourth-order valence-electron chi connectivity index (χ4n) is 3.51. The number of anilines is 1. The zero-order chi connectivity index (χ0) is 21.8. The van der Waals surface area contributed by atoms with Crippen LogP contribution in [0.5, 0.6) is 0 Å².